The Balaban J connectivity index is 1.56. The van der Waals surface area contributed by atoms with Crippen molar-refractivity contribution in [2.75, 3.05) is 0 Å². The summed E-state index contributed by atoms with van der Waals surface area (Å²) in [5.41, 5.74) is 2.20. The minimum absolute atomic E-state index is 0.0901. The number of hydrogen-bond donors (Lipinski definition) is 2. The third-order valence-electron chi connectivity index (χ3n) is 7.05. The Hall–Kier alpha value is -4.88. The molecule has 0 amide bonds. The molecular weight excluding hydrogens is 576 g/mol. The Kier molecular flexibility index (Phi) is 5.78. The summed E-state index contributed by atoms with van der Waals surface area (Å²) >= 11 is 0. The van der Waals surface area contributed by atoms with Crippen LogP contribution < -0.4 is 0 Å². The topological polar surface area (TPSA) is 160 Å². The van der Waals surface area contributed by atoms with Crippen LogP contribution in [0.4, 0.5) is 0 Å². The molecule has 0 atom stereocenters. The quantitative estimate of drug-likeness (QED) is 0.191. The van der Waals surface area contributed by atoms with Crippen LogP contribution in [0.25, 0.3) is 66.1 Å². The number of rotatable bonds is 4. The van der Waals surface area contributed by atoms with E-state index in [0.717, 1.165) is 27.6 Å². The van der Waals surface area contributed by atoms with Crippen molar-refractivity contribution < 1.29 is 25.9 Å². The van der Waals surface area contributed by atoms with E-state index in [1.54, 1.807) is 48.8 Å². The zero-order valence-electron chi connectivity index (χ0n) is 21.4. The van der Waals surface area contributed by atoms with E-state index in [1.165, 1.54) is 6.07 Å². The van der Waals surface area contributed by atoms with E-state index in [2.05, 4.69) is 19.9 Å². The molecule has 0 spiro atoms. The van der Waals surface area contributed by atoms with E-state index in [1.807, 2.05) is 36.4 Å². The van der Waals surface area contributed by atoms with Crippen molar-refractivity contribution in [3.63, 3.8) is 0 Å². The van der Waals surface area contributed by atoms with E-state index in [0.29, 0.717) is 22.1 Å². The third-order valence-corrected chi connectivity index (χ3v) is 8.84. The highest BCUT2D eigenvalue weighted by molar-refractivity contribution is 7.86. The van der Waals surface area contributed by atoms with Gasteiger partial charge >= 0.3 is 0 Å². The summed E-state index contributed by atoms with van der Waals surface area (Å²) < 4.78 is 70.6. The fourth-order valence-electron chi connectivity index (χ4n) is 5.14. The van der Waals surface area contributed by atoms with Gasteiger partial charge in [-0.25, -0.2) is 9.97 Å². The second-order valence-electron chi connectivity index (χ2n) is 9.61. The summed E-state index contributed by atoms with van der Waals surface area (Å²) in [5, 5.41) is 3.11. The molecule has 0 fully saturated rings. The summed E-state index contributed by atoms with van der Waals surface area (Å²) in [6.45, 7) is 0. The maximum absolute atomic E-state index is 12.6. The molecule has 2 N–H and O–H groups in total. The Bertz CT molecular complexity index is 2310. The molecule has 10 nitrogen and oxygen atoms in total. The van der Waals surface area contributed by atoms with Crippen LogP contribution in [0.1, 0.15) is 0 Å². The molecule has 4 heterocycles. The molecule has 0 unspecified atom stereocenters. The van der Waals surface area contributed by atoms with Crippen LogP contribution in [-0.4, -0.2) is 45.9 Å². The van der Waals surface area contributed by atoms with Gasteiger partial charge in [0.05, 0.1) is 33.5 Å². The molecule has 0 radical (unpaired) electrons. The first kappa shape index (κ1) is 26.0. The van der Waals surface area contributed by atoms with Crippen LogP contribution >= 0.6 is 0 Å². The Morgan fingerprint density at radius 1 is 0.476 bits per heavy atom. The highest BCUT2D eigenvalue weighted by Crippen LogP contribution is 2.38. The summed E-state index contributed by atoms with van der Waals surface area (Å²) in [4.78, 5) is 16.7. The van der Waals surface area contributed by atoms with Crippen molar-refractivity contribution in [3.8, 4) is 22.5 Å². The lowest BCUT2D eigenvalue weighted by atomic mass is 10.0. The molecule has 0 saturated carbocycles. The average molecular weight is 595 g/mol. The first-order valence-corrected chi connectivity index (χ1v) is 15.4. The van der Waals surface area contributed by atoms with E-state index >= 15 is 0 Å². The lowest BCUT2D eigenvalue weighted by molar-refractivity contribution is 0.481. The fourth-order valence-corrected chi connectivity index (χ4v) is 6.63. The summed E-state index contributed by atoms with van der Waals surface area (Å²) in [7, 11) is -9.97. The van der Waals surface area contributed by atoms with Gasteiger partial charge in [-0.3, -0.25) is 19.1 Å². The van der Waals surface area contributed by atoms with Crippen LogP contribution in [0.2, 0.25) is 0 Å². The largest absolute Gasteiger partial charge is 0.295 e. The number of benzene rings is 3. The summed E-state index contributed by atoms with van der Waals surface area (Å²) in [5.74, 6) is 0. The predicted molar refractivity (Wildman–Crippen MR) is 158 cm³/mol. The Labute approximate surface area is 238 Å². The standard InChI is InChI=1S/C30H18N4O6S2/c35-41(36,37)25-16-26(42(38,39)40)22(24-12-10-20-8-6-18-4-2-14-32-28(18)30(20)34-24)15-21(25)23-11-9-19-7-5-17-3-1-13-31-27(17)29(19)33-23/h1-16H,(H,35,36,37)(H,38,39,40). The van der Waals surface area contributed by atoms with Gasteiger partial charge in [0, 0.05) is 45.1 Å². The fraction of sp³-hybridized carbons (Fsp3) is 0. The molecule has 7 aromatic rings. The number of nitrogens with zero attached hydrogens (tertiary/aromatic N) is 4. The number of hydrogen-bond acceptors (Lipinski definition) is 8. The Morgan fingerprint density at radius 2 is 0.857 bits per heavy atom. The normalized spacial score (nSPS) is 12.4. The zero-order chi connectivity index (χ0) is 29.2. The smallest absolute Gasteiger partial charge is 0.282 e. The van der Waals surface area contributed by atoms with E-state index in [9.17, 15) is 25.9 Å². The van der Waals surface area contributed by atoms with Gasteiger partial charge in [-0.05, 0) is 36.4 Å². The van der Waals surface area contributed by atoms with Gasteiger partial charge in [0.25, 0.3) is 20.2 Å². The number of pyridine rings is 4. The third kappa shape index (κ3) is 4.33. The van der Waals surface area contributed by atoms with Crippen molar-refractivity contribution in [1.29, 1.82) is 0 Å². The Morgan fingerprint density at radius 3 is 1.26 bits per heavy atom. The minimum atomic E-state index is -4.98. The molecule has 0 saturated heterocycles. The maximum atomic E-state index is 12.6. The predicted octanol–water partition coefficient (Wildman–Crippen LogP) is 5.71. The monoisotopic (exact) mass is 594 g/mol. The molecule has 42 heavy (non-hydrogen) atoms. The van der Waals surface area contributed by atoms with Gasteiger partial charge in [-0.1, -0.05) is 48.5 Å². The van der Waals surface area contributed by atoms with Crippen LogP contribution in [0.15, 0.2) is 107 Å². The molecule has 4 aromatic heterocycles. The molecule has 206 valence electrons. The zero-order valence-corrected chi connectivity index (χ0v) is 23.0. The van der Waals surface area contributed by atoms with Crippen LogP contribution in [0, 0.1) is 0 Å². The van der Waals surface area contributed by atoms with Crippen molar-refractivity contribution in [2.24, 2.45) is 0 Å². The number of aromatic nitrogens is 4. The SMILES string of the molecule is O=S(=O)(O)c1cc(S(=O)(=O)O)c(-c2ccc3ccc4cccnc4c3n2)cc1-c1ccc2ccc3cccnc3c2n1. The molecule has 7 rings (SSSR count). The summed E-state index contributed by atoms with van der Waals surface area (Å²) in [6.07, 6.45) is 3.23. The van der Waals surface area contributed by atoms with Crippen molar-refractivity contribution in [1.82, 2.24) is 19.9 Å². The van der Waals surface area contributed by atoms with E-state index in [4.69, 9.17) is 0 Å². The molecule has 0 bridgehead atoms. The molecule has 3 aromatic carbocycles. The minimum Gasteiger partial charge on any atom is -0.282 e. The molecular formula is C30H18N4O6S2. The average Bonchev–Trinajstić information content (AvgIpc) is 2.99. The molecule has 0 aliphatic carbocycles. The first-order valence-electron chi connectivity index (χ1n) is 12.5. The van der Waals surface area contributed by atoms with Crippen LogP contribution in [0.3, 0.4) is 0 Å². The van der Waals surface area contributed by atoms with Gasteiger partial charge in [0.2, 0.25) is 0 Å². The molecule has 12 heteroatoms. The van der Waals surface area contributed by atoms with Gasteiger partial charge in [-0.15, -0.1) is 0 Å². The van der Waals surface area contributed by atoms with E-state index in [-0.39, 0.29) is 22.5 Å². The first-order chi connectivity index (χ1) is 20.1. The van der Waals surface area contributed by atoms with Crippen molar-refractivity contribution in [3.05, 3.63) is 97.3 Å². The second-order valence-corrected chi connectivity index (χ2v) is 12.4. The molecule has 0 aliphatic rings. The molecule has 0 aliphatic heterocycles. The highest BCUT2D eigenvalue weighted by atomic mass is 32.2. The lowest BCUT2D eigenvalue weighted by Gasteiger charge is -2.15. The van der Waals surface area contributed by atoms with Crippen LogP contribution in [-0.2, 0) is 20.2 Å². The van der Waals surface area contributed by atoms with Gasteiger partial charge in [0.1, 0.15) is 9.79 Å². The van der Waals surface area contributed by atoms with Crippen molar-refractivity contribution >= 4 is 63.8 Å². The van der Waals surface area contributed by atoms with Crippen LogP contribution in [0.5, 0.6) is 0 Å². The van der Waals surface area contributed by atoms with Gasteiger partial charge in [0.15, 0.2) is 0 Å². The van der Waals surface area contributed by atoms with Gasteiger partial charge < -0.3 is 0 Å². The number of fused-ring (bicyclic) bond motifs is 6. The van der Waals surface area contributed by atoms with Crippen molar-refractivity contribution in [2.45, 2.75) is 9.79 Å². The van der Waals surface area contributed by atoms with E-state index < -0.39 is 30.0 Å². The highest BCUT2D eigenvalue weighted by Gasteiger charge is 2.27. The summed E-state index contributed by atoms with van der Waals surface area (Å²) in [6, 6.07) is 23.3. The van der Waals surface area contributed by atoms with Gasteiger partial charge in [-0.2, -0.15) is 16.8 Å². The lowest BCUT2D eigenvalue weighted by Crippen LogP contribution is -2.08. The maximum Gasteiger partial charge on any atom is 0.295 e. The second kappa shape index (κ2) is 9.33.